The smallest absolute Gasteiger partial charge is 0.216 e. The minimum absolute atomic E-state index is 0.112. The van der Waals surface area contributed by atoms with Crippen molar-refractivity contribution in [1.82, 2.24) is 24.8 Å². The summed E-state index contributed by atoms with van der Waals surface area (Å²) in [4.78, 5) is 18.5. The predicted octanol–water partition coefficient (Wildman–Crippen LogP) is 3.83. The number of aliphatic imine (C=N–C) groups is 1. The van der Waals surface area contributed by atoms with Gasteiger partial charge in [-0.2, -0.15) is 0 Å². The lowest BCUT2D eigenvalue weighted by molar-refractivity contribution is 0.263. The van der Waals surface area contributed by atoms with Gasteiger partial charge in [0.15, 0.2) is 0 Å². The van der Waals surface area contributed by atoms with E-state index in [1.807, 2.05) is 54.7 Å². The number of pyridine rings is 1. The first-order chi connectivity index (χ1) is 15.3. The molecule has 0 fully saturated rings. The van der Waals surface area contributed by atoms with Gasteiger partial charge in [-0.1, -0.05) is 41.9 Å². The van der Waals surface area contributed by atoms with Crippen molar-refractivity contribution >= 4 is 34.5 Å². The third-order valence-corrected chi connectivity index (χ3v) is 5.93. The summed E-state index contributed by atoms with van der Waals surface area (Å²) >= 11 is 6.14. The molecule has 0 saturated heterocycles. The molecule has 4 aromatic rings. The summed E-state index contributed by atoms with van der Waals surface area (Å²) in [5.74, 6) is 1.72. The molecule has 1 atom stereocenters. The topological polar surface area (TPSA) is 61.6 Å². The lowest BCUT2D eigenvalue weighted by atomic mass is 10.1. The minimum Gasteiger partial charge on any atom is -0.331 e. The number of hydrogen-bond donors (Lipinski definition) is 1. The first-order valence-corrected chi connectivity index (χ1v) is 10.6. The molecule has 0 aliphatic carbocycles. The third-order valence-electron chi connectivity index (χ3n) is 5.67. The second-order valence-corrected chi connectivity index (χ2v) is 8.19. The summed E-state index contributed by atoms with van der Waals surface area (Å²) in [5, 5.41) is 4.35. The molecule has 0 saturated carbocycles. The van der Waals surface area contributed by atoms with Gasteiger partial charge in [0.05, 0.1) is 24.4 Å². The van der Waals surface area contributed by atoms with Gasteiger partial charge in [0, 0.05) is 24.0 Å². The van der Waals surface area contributed by atoms with E-state index in [2.05, 4.69) is 36.8 Å². The van der Waals surface area contributed by atoms with Gasteiger partial charge in [0.2, 0.25) is 11.9 Å². The van der Waals surface area contributed by atoms with E-state index in [9.17, 15) is 0 Å². The zero-order chi connectivity index (χ0) is 20.8. The highest BCUT2D eigenvalue weighted by molar-refractivity contribution is 6.30. The van der Waals surface area contributed by atoms with Gasteiger partial charge < -0.3 is 5.32 Å². The lowest BCUT2D eigenvalue weighted by Crippen LogP contribution is -2.57. The zero-order valence-electron chi connectivity index (χ0n) is 16.7. The summed E-state index contributed by atoms with van der Waals surface area (Å²) in [6, 6.07) is 20.2. The Morgan fingerprint density at radius 2 is 1.90 bits per heavy atom. The van der Waals surface area contributed by atoms with Crippen molar-refractivity contribution in [3.63, 3.8) is 0 Å². The molecule has 31 heavy (non-hydrogen) atoms. The molecular formula is C23H20ClN7. The number of imidazole rings is 1. The molecule has 2 aliphatic heterocycles. The molecule has 2 aliphatic rings. The Kier molecular flexibility index (Phi) is 4.36. The van der Waals surface area contributed by atoms with E-state index in [4.69, 9.17) is 21.6 Å². The van der Waals surface area contributed by atoms with Crippen molar-refractivity contribution in [2.24, 2.45) is 4.99 Å². The van der Waals surface area contributed by atoms with Gasteiger partial charge in [-0.15, -0.1) is 0 Å². The number of hydrogen-bond acceptors (Lipinski definition) is 6. The second-order valence-electron chi connectivity index (χ2n) is 7.75. The van der Waals surface area contributed by atoms with Gasteiger partial charge in [-0.3, -0.25) is 19.4 Å². The lowest BCUT2D eigenvalue weighted by Gasteiger charge is -2.41. The molecule has 4 heterocycles. The van der Waals surface area contributed by atoms with Crippen molar-refractivity contribution in [1.29, 1.82) is 0 Å². The first-order valence-electron chi connectivity index (χ1n) is 10.2. The maximum Gasteiger partial charge on any atom is 0.216 e. The Morgan fingerprint density at radius 3 is 2.74 bits per heavy atom. The average molecular weight is 430 g/mol. The molecule has 0 radical (unpaired) electrons. The Morgan fingerprint density at radius 1 is 1.03 bits per heavy atom. The fraction of sp³-hybridized carbons (Fsp3) is 0.174. The van der Waals surface area contributed by atoms with E-state index in [1.165, 1.54) is 5.56 Å². The predicted molar refractivity (Wildman–Crippen MR) is 122 cm³/mol. The summed E-state index contributed by atoms with van der Waals surface area (Å²) < 4.78 is 2.24. The van der Waals surface area contributed by atoms with Crippen LogP contribution in [0.3, 0.4) is 0 Å². The Bertz CT molecular complexity index is 1270. The van der Waals surface area contributed by atoms with Crippen molar-refractivity contribution in [3.8, 4) is 0 Å². The largest absolute Gasteiger partial charge is 0.331 e. The van der Waals surface area contributed by atoms with Crippen LogP contribution in [0.4, 0.5) is 5.95 Å². The van der Waals surface area contributed by atoms with Crippen LogP contribution < -0.4 is 10.2 Å². The van der Waals surface area contributed by atoms with Gasteiger partial charge in [0.1, 0.15) is 6.17 Å². The van der Waals surface area contributed by atoms with Crippen LogP contribution in [0, 0.1) is 0 Å². The van der Waals surface area contributed by atoms with Gasteiger partial charge in [-0.05, 0) is 41.5 Å². The number of aromatic nitrogens is 3. The fourth-order valence-corrected chi connectivity index (χ4v) is 4.36. The number of benzene rings is 2. The van der Waals surface area contributed by atoms with Crippen molar-refractivity contribution in [2.75, 3.05) is 18.2 Å². The van der Waals surface area contributed by atoms with E-state index in [1.54, 1.807) is 6.20 Å². The standard InChI is InChI=1S/C23H20ClN7/c24-18-9-7-17(8-10-18)21-28-22-26-14-29(13-16-4-3-11-25-12-16)15-30(22)23-27-19-5-1-2-6-20(19)31(21)23/h1-12,21H,13-15H2,(H,26,28). The molecule has 6 rings (SSSR count). The number of rotatable bonds is 3. The van der Waals surface area contributed by atoms with Crippen LogP contribution in [0.5, 0.6) is 0 Å². The number of para-hydroxylation sites is 2. The number of anilines is 1. The number of guanidine groups is 1. The Labute approximate surface area is 184 Å². The van der Waals surface area contributed by atoms with E-state index >= 15 is 0 Å². The average Bonchev–Trinajstić information content (AvgIpc) is 3.20. The normalized spacial score (nSPS) is 18.3. The van der Waals surface area contributed by atoms with E-state index in [-0.39, 0.29) is 6.17 Å². The molecule has 1 N–H and O–H groups in total. The van der Waals surface area contributed by atoms with Crippen LogP contribution in [0.25, 0.3) is 11.0 Å². The fourth-order valence-electron chi connectivity index (χ4n) is 4.24. The molecule has 1 unspecified atom stereocenters. The molecule has 0 spiro atoms. The number of nitrogens with zero attached hydrogens (tertiary/aromatic N) is 6. The molecule has 2 aromatic carbocycles. The number of nitrogens with one attached hydrogen (secondary N) is 1. The van der Waals surface area contributed by atoms with Crippen LogP contribution in [0.1, 0.15) is 17.3 Å². The van der Waals surface area contributed by atoms with Crippen LogP contribution in [0.2, 0.25) is 5.02 Å². The molecule has 0 bridgehead atoms. The van der Waals surface area contributed by atoms with E-state index in [0.717, 1.165) is 40.1 Å². The van der Waals surface area contributed by atoms with E-state index < -0.39 is 0 Å². The quantitative estimate of drug-likeness (QED) is 0.536. The maximum absolute atomic E-state index is 6.14. The van der Waals surface area contributed by atoms with Crippen molar-refractivity contribution < 1.29 is 0 Å². The van der Waals surface area contributed by atoms with Gasteiger partial charge in [0.25, 0.3) is 0 Å². The summed E-state index contributed by atoms with van der Waals surface area (Å²) in [6.07, 6.45) is 3.59. The number of halogens is 1. The second kappa shape index (κ2) is 7.37. The summed E-state index contributed by atoms with van der Waals surface area (Å²) in [5.41, 5.74) is 4.31. The molecule has 0 amide bonds. The van der Waals surface area contributed by atoms with Crippen molar-refractivity contribution in [2.45, 2.75) is 12.7 Å². The monoisotopic (exact) mass is 429 g/mol. The third kappa shape index (κ3) is 3.22. The minimum atomic E-state index is -0.112. The summed E-state index contributed by atoms with van der Waals surface area (Å²) in [7, 11) is 0. The van der Waals surface area contributed by atoms with Crippen LogP contribution >= 0.6 is 11.6 Å². The van der Waals surface area contributed by atoms with Crippen LogP contribution in [0.15, 0.2) is 78.0 Å². The van der Waals surface area contributed by atoms with E-state index in [0.29, 0.717) is 13.3 Å². The molecular weight excluding hydrogens is 410 g/mol. The van der Waals surface area contributed by atoms with Gasteiger partial charge >= 0.3 is 0 Å². The molecule has 7 nitrogen and oxygen atoms in total. The Hall–Kier alpha value is -3.42. The zero-order valence-corrected chi connectivity index (χ0v) is 17.4. The highest BCUT2D eigenvalue weighted by atomic mass is 35.5. The van der Waals surface area contributed by atoms with Crippen LogP contribution in [-0.4, -0.2) is 38.7 Å². The Balaban J connectivity index is 1.42. The SMILES string of the molecule is Clc1ccc(C2NC3=NCN(Cc4cccnc4)CN3c3nc4ccccc4n32)cc1. The van der Waals surface area contributed by atoms with Gasteiger partial charge in [-0.25, -0.2) is 9.98 Å². The van der Waals surface area contributed by atoms with Crippen molar-refractivity contribution in [3.05, 3.63) is 89.2 Å². The molecule has 154 valence electrons. The molecule has 2 aromatic heterocycles. The maximum atomic E-state index is 6.14. The molecule has 8 heteroatoms. The summed E-state index contributed by atoms with van der Waals surface area (Å²) in [6.45, 7) is 2.08. The van der Waals surface area contributed by atoms with Crippen LogP contribution in [-0.2, 0) is 6.54 Å². The highest BCUT2D eigenvalue weighted by Gasteiger charge is 2.35. The highest BCUT2D eigenvalue weighted by Crippen LogP contribution is 2.34. The number of fused-ring (bicyclic) bond motifs is 5. The first kappa shape index (κ1) is 18.4.